The van der Waals surface area contributed by atoms with Gasteiger partial charge in [-0.25, -0.2) is 4.98 Å². The first-order chi connectivity index (χ1) is 14.4. The van der Waals surface area contributed by atoms with E-state index in [0.29, 0.717) is 5.13 Å². The Morgan fingerprint density at radius 3 is 1.97 bits per heavy atom. The van der Waals surface area contributed by atoms with E-state index in [-0.39, 0.29) is 17.2 Å². The molecule has 0 bridgehead atoms. The van der Waals surface area contributed by atoms with Gasteiger partial charge >= 0.3 is 0 Å². The van der Waals surface area contributed by atoms with Gasteiger partial charge in [-0.2, -0.15) is 0 Å². The molecule has 1 amide bonds. The highest BCUT2D eigenvalue weighted by molar-refractivity contribution is 7.14. The van der Waals surface area contributed by atoms with Gasteiger partial charge in [-0.3, -0.25) is 4.79 Å². The quantitative estimate of drug-likeness (QED) is 0.497. The third-order valence-corrected chi connectivity index (χ3v) is 7.02. The van der Waals surface area contributed by atoms with Crippen molar-refractivity contribution in [2.24, 2.45) is 5.41 Å². The molecule has 0 aliphatic heterocycles. The zero-order valence-electron chi connectivity index (χ0n) is 18.0. The molecule has 0 saturated heterocycles. The van der Waals surface area contributed by atoms with Crippen LogP contribution in [0.5, 0.6) is 0 Å². The molecule has 0 spiro atoms. The van der Waals surface area contributed by atoms with E-state index in [9.17, 15) is 4.79 Å². The van der Waals surface area contributed by atoms with Gasteiger partial charge in [0.25, 0.3) is 0 Å². The highest BCUT2D eigenvalue weighted by Gasteiger charge is 2.49. The fourth-order valence-corrected chi connectivity index (χ4v) is 5.60. The summed E-state index contributed by atoms with van der Waals surface area (Å²) < 4.78 is 0. The Bertz CT molecular complexity index is 943. The molecule has 4 heteroatoms. The van der Waals surface area contributed by atoms with Crippen LogP contribution in [-0.2, 0) is 10.2 Å². The number of carbonyl (C=O) groups is 1. The fraction of sp³-hybridized carbons (Fsp3) is 0.385. The van der Waals surface area contributed by atoms with Crippen LogP contribution in [0.15, 0.2) is 66.0 Å². The van der Waals surface area contributed by atoms with E-state index in [0.717, 1.165) is 31.4 Å². The van der Waals surface area contributed by atoms with E-state index in [4.69, 9.17) is 4.98 Å². The molecule has 3 aromatic rings. The lowest BCUT2D eigenvalue weighted by Crippen LogP contribution is -2.40. The SMILES string of the molecule is CC(C)(C)c1csc(NC(=O)C2(C(c3ccccc3)c3ccccc3)CCCC2)n1. The predicted octanol–water partition coefficient (Wildman–Crippen LogP) is 6.77. The Labute approximate surface area is 183 Å². The van der Waals surface area contributed by atoms with Crippen molar-refractivity contribution in [3.63, 3.8) is 0 Å². The number of rotatable bonds is 5. The molecule has 1 aromatic heterocycles. The predicted molar refractivity (Wildman–Crippen MR) is 125 cm³/mol. The number of hydrogen-bond acceptors (Lipinski definition) is 3. The molecular formula is C26H30N2OS. The maximum atomic E-state index is 13.8. The summed E-state index contributed by atoms with van der Waals surface area (Å²) >= 11 is 1.52. The zero-order chi connectivity index (χ0) is 21.2. The van der Waals surface area contributed by atoms with E-state index < -0.39 is 5.41 Å². The van der Waals surface area contributed by atoms with E-state index in [1.165, 1.54) is 22.5 Å². The molecule has 1 heterocycles. The van der Waals surface area contributed by atoms with Crippen LogP contribution in [0.25, 0.3) is 0 Å². The standard InChI is InChI=1S/C26H30N2OS/c1-25(2,3)21-18-30-24(27-21)28-23(29)26(16-10-11-17-26)22(19-12-6-4-7-13-19)20-14-8-5-9-15-20/h4-9,12-15,18,22H,10-11,16-17H2,1-3H3,(H,27,28,29). The summed E-state index contributed by atoms with van der Waals surface area (Å²) in [7, 11) is 0. The van der Waals surface area contributed by atoms with Crippen LogP contribution in [-0.4, -0.2) is 10.9 Å². The smallest absolute Gasteiger partial charge is 0.233 e. The fourth-order valence-electron chi connectivity index (χ4n) is 4.67. The number of nitrogens with zero attached hydrogens (tertiary/aromatic N) is 1. The molecule has 1 fully saturated rings. The third kappa shape index (κ3) is 4.06. The molecule has 1 aliphatic carbocycles. The minimum Gasteiger partial charge on any atom is -0.301 e. The lowest BCUT2D eigenvalue weighted by Gasteiger charge is -2.37. The first-order valence-corrected chi connectivity index (χ1v) is 11.7. The Kier molecular flexibility index (Phi) is 5.79. The highest BCUT2D eigenvalue weighted by atomic mass is 32.1. The van der Waals surface area contributed by atoms with Gasteiger partial charge in [-0.05, 0) is 24.0 Å². The topological polar surface area (TPSA) is 42.0 Å². The maximum absolute atomic E-state index is 13.8. The number of anilines is 1. The third-order valence-electron chi connectivity index (χ3n) is 6.26. The Morgan fingerprint density at radius 2 is 1.50 bits per heavy atom. The van der Waals surface area contributed by atoms with Gasteiger partial charge in [-0.1, -0.05) is 94.3 Å². The lowest BCUT2D eigenvalue weighted by atomic mass is 9.67. The maximum Gasteiger partial charge on any atom is 0.233 e. The van der Waals surface area contributed by atoms with Crippen molar-refractivity contribution >= 4 is 22.4 Å². The number of thiazole rings is 1. The molecule has 0 unspecified atom stereocenters. The normalized spacial score (nSPS) is 16.0. The molecule has 156 valence electrons. The van der Waals surface area contributed by atoms with Crippen molar-refractivity contribution in [2.45, 2.75) is 57.8 Å². The number of carbonyl (C=O) groups excluding carboxylic acids is 1. The summed E-state index contributed by atoms with van der Waals surface area (Å²) in [6.45, 7) is 6.44. The van der Waals surface area contributed by atoms with Crippen molar-refractivity contribution in [1.29, 1.82) is 0 Å². The molecule has 3 nitrogen and oxygen atoms in total. The largest absolute Gasteiger partial charge is 0.301 e. The van der Waals surface area contributed by atoms with Gasteiger partial charge in [0.2, 0.25) is 5.91 Å². The van der Waals surface area contributed by atoms with Gasteiger partial charge in [0.1, 0.15) is 0 Å². The molecule has 4 rings (SSSR count). The van der Waals surface area contributed by atoms with Crippen molar-refractivity contribution in [1.82, 2.24) is 4.98 Å². The Hall–Kier alpha value is -2.46. The Balaban J connectivity index is 1.72. The number of amides is 1. The molecule has 1 aliphatic rings. The van der Waals surface area contributed by atoms with Crippen LogP contribution in [0.3, 0.4) is 0 Å². The zero-order valence-corrected chi connectivity index (χ0v) is 18.8. The van der Waals surface area contributed by atoms with Crippen molar-refractivity contribution in [3.05, 3.63) is 82.9 Å². The van der Waals surface area contributed by atoms with Crippen LogP contribution in [0.4, 0.5) is 5.13 Å². The van der Waals surface area contributed by atoms with Gasteiger partial charge in [0.05, 0.1) is 11.1 Å². The van der Waals surface area contributed by atoms with Crippen LogP contribution >= 0.6 is 11.3 Å². The lowest BCUT2D eigenvalue weighted by molar-refractivity contribution is -0.126. The number of benzene rings is 2. The molecule has 1 saturated carbocycles. The van der Waals surface area contributed by atoms with Crippen LogP contribution in [0.2, 0.25) is 0 Å². The van der Waals surface area contributed by atoms with E-state index in [1.54, 1.807) is 0 Å². The number of nitrogens with one attached hydrogen (secondary N) is 1. The average Bonchev–Trinajstić information content (AvgIpc) is 3.40. The van der Waals surface area contributed by atoms with E-state index in [1.807, 2.05) is 12.1 Å². The second-order valence-corrected chi connectivity index (χ2v) is 10.2. The van der Waals surface area contributed by atoms with Gasteiger partial charge in [0.15, 0.2) is 5.13 Å². The first-order valence-electron chi connectivity index (χ1n) is 10.8. The molecule has 1 N–H and O–H groups in total. The minimum absolute atomic E-state index is 0.0267. The van der Waals surface area contributed by atoms with Crippen molar-refractivity contribution in [2.75, 3.05) is 5.32 Å². The van der Waals surface area contributed by atoms with Crippen molar-refractivity contribution < 1.29 is 4.79 Å². The summed E-state index contributed by atoms with van der Waals surface area (Å²) in [6, 6.07) is 21.0. The van der Waals surface area contributed by atoms with Crippen LogP contribution in [0.1, 0.15) is 69.2 Å². The summed E-state index contributed by atoms with van der Waals surface area (Å²) in [5.74, 6) is 0.136. The minimum atomic E-state index is -0.462. The molecule has 0 radical (unpaired) electrons. The van der Waals surface area contributed by atoms with Crippen LogP contribution < -0.4 is 5.32 Å². The van der Waals surface area contributed by atoms with Crippen LogP contribution in [0, 0.1) is 5.41 Å². The summed E-state index contributed by atoms with van der Waals surface area (Å²) in [4.78, 5) is 18.6. The van der Waals surface area contributed by atoms with E-state index in [2.05, 4.69) is 80.0 Å². The second kappa shape index (κ2) is 8.35. The molecule has 30 heavy (non-hydrogen) atoms. The van der Waals surface area contributed by atoms with E-state index >= 15 is 0 Å². The highest BCUT2D eigenvalue weighted by Crippen LogP contribution is 2.52. The monoisotopic (exact) mass is 418 g/mol. The van der Waals surface area contributed by atoms with Gasteiger partial charge in [0, 0.05) is 16.7 Å². The Morgan fingerprint density at radius 1 is 0.967 bits per heavy atom. The number of hydrogen-bond donors (Lipinski definition) is 1. The van der Waals surface area contributed by atoms with Gasteiger partial charge in [-0.15, -0.1) is 11.3 Å². The molecule has 0 atom stereocenters. The average molecular weight is 419 g/mol. The summed E-state index contributed by atoms with van der Waals surface area (Å²) in [5, 5.41) is 5.97. The molecular weight excluding hydrogens is 388 g/mol. The summed E-state index contributed by atoms with van der Waals surface area (Å²) in [5.41, 5.74) is 2.94. The first kappa shape index (κ1) is 20.8. The molecule has 2 aromatic carbocycles. The van der Waals surface area contributed by atoms with Crippen molar-refractivity contribution in [3.8, 4) is 0 Å². The number of aromatic nitrogens is 1. The van der Waals surface area contributed by atoms with Gasteiger partial charge < -0.3 is 5.32 Å². The second-order valence-electron chi connectivity index (χ2n) is 9.36. The summed E-state index contributed by atoms with van der Waals surface area (Å²) in [6.07, 6.45) is 3.94.